The van der Waals surface area contributed by atoms with Crippen LogP contribution in [0.3, 0.4) is 0 Å². The molecule has 3 unspecified atom stereocenters. The van der Waals surface area contributed by atoms with E-state index in [9.17, 15) is 9.59 Å². The molecule has 21 heavy (non-hydrogen) atoms. The van der Waals surface area contributed by atoms with Gasteiger partial charge >= 0.3 is 0 Å². The molecule has 0 spiro atoms. The molecule has 2 fully saturated rings. The zero-order valence-corrected chi connectivity index (χ0v) is 12.2. The van der Waals surface area contributed by atoms with Gasteiger partial charge in [-0.2, -0.15) is 0 Å². The first-order valence-corrected chi connectivity index (χ1v) is 7.52. The lowest BCUT2D eigenvalue weighted by Crippen LogP contribution is -2.37. The van der Waals surface area contributed by atoms with Crippen molar-refractivity contribution in [1.82, 2.24) is 10.6 Å². The Morgan fingerprint density at radius 3 is 2.57 bits per heavy atom. The Hall–Kier alpha value is -1.88. The van der Waals surface area contributed by atoms with Gasteiger partial charge in [0.05, 0.1) is 5.92 Å². The van der Waals surface area contributed by atoms with Gasteiger partial charge in [0.25, 0.3) is 0 Å². The molecule has 0 aromatic heterocycles. The summed E-state index contributed by atoms with van der Waals surface area (Å²) < 4.78 is 0. The Morgan fingerprint density at radius 2 is 2.00 bits per heavy atom. The van der Waals surface area contributed by atoms with Crippen LogP contribution in [0.15, 0.2) is 24.3 Å². The number of hydrogen-bond acceptors (Lipinski definition) is 3. The SMILES string of the molecule is CC(=O)Nc1ccc(CNC(=O)C2CC3CCC2N3)cc1. The van der Waals surface area contributed by atoms with Crippen LogP contribution in [0.2, 0.25) is 0 Å². The van der Waals surface area contributed by atoms with Crippen molar-refractivity contribution in [3.8, 4) is 0 Å². The molecule has 5 nitrogen and oxygen atoms in total. The van der Waals surface area contributed by atoms with Gasteiger partial charge in [0.2, 0.25) is 11.8 Å². The Labute approximate surface area is 124 Å². The summed E-state index contributed by atoms with van der Waals surface area (Å²) in [5.41, 5.74) is 1.81. The van der Waals surface area contributed by atoms with Crippen LogP contribution in [0.5, 0.6) is 0 Å². The van der Waals surface area contributed by atoms with Gasteiger partial charge in [-0.15, -0.1) is 0 Å². The molecule has 0 saturated carbocycles. The van der Waals surface area contributed by atoms with E-state index in [1.807, 2.05) is 24.3 Å². The Morgan fingerprint density at radius 1 is 1.24 bits per heavy atom. The average Bonchev–Trinajstić information content (AvgIpc) is 3.08. The van der Waals surface area contributed by atoms with E-state index < -0.39 is 0 Å². The fraction of sp³-hybridized carbons (Fsp3) is 0.500. The topological polar surface area (TPSA) is 70.2 Å². The molecule has 112 valence electrons. The summed E-state index contributed by atoms with van der Waals surface area (Å²) in [6, 6.07) is 8.46. The van der Waals surface area contributed by atoms with Crippen LogP contribution in [0, 0.1) is 5.92 Å². The second-order valence-corrected chi connectivity index (χ2v) is 5.99. The number of hydrogen-bond donors (Lipinski definition) is 3. The van der Waals surface area contributed by atoms with E-state index in [4.69, 9.17) is 0 Å². The lowest BCUT2D eigenvalue weighted by molar-refractivity contribution is -0.125. The molecule has 2 saturated heterocycles. The number of nitrogens with one attached hydrogen (secondary N) is 3. The predicted molar refractivity (Wildman–Crippen MR) is 80.6 cm³/mol. The van der Waals surface area contributed by atoms with Crippen molar-refractivity contribution in [2.75, 3.05) is 5.32 Å². The minimum Gasteiger partial charge on any atom is -0.352 e. The lowest BCUT2D eigenvalue weighted by Gasteiger charge is -2.19. The van der Waals surface area contributed by atoms with E-state index in [2.05, 4.69) is 16.0 Å². The largest absolute Gasteiger partial charge is 0.352 e. The highest BCUT2D eigenvalue weighted by atomic mass is 16.2. The van der Waals surface area contributed by atoms with E-state index in [0.717, 1.165) is 24.1 Å². The summed E-state index contributed by atoms with van der Waals surface area (Å²) in [6.07, 6.45) is 3.30. The van der Waals surface area contributed by atoms with Crippen LogP contribution in [0.1, 0.15) is 31.7 Å². The molecule has 2 aliphatic heterocycles. The fourth-order valence-electron chi connectivity index (χ4n) is 3.34. The number of carbonyl (C=O) groups is 2. The van der Waals surface area contributed by atoms with E-state index in [-0.39, 0.29) is 17.7 Å². The van der Waals surface area contributed by atoms with Crippen molar-refractivity contribution >= 4 is 17.5 Å². The van der Waals surface area contributed by atoms with Crippen LogP contribution < -0.4 is 16.0 Å². The van der Waals surface area contributed by atoms with Crippen LogP contribution in [-0.2, 0) is 16.1 Å². The standard InChI is InChI=1S/C16H21N3O2/c1-10(20)18-12-4-2-11(3-5-12)9-17-16(21)14-8-13-6-7-15(14)19-13/h2-5,13-15,19H,6-9H2,1H3,(H,17,21)(H,18,20). The molecule has 0 aliphatic carbocycles. The first kappa shape index (κ1) is 14.1. The van der Waals surface area contributed by atoms with Crippen molar-refractivity contribution in [3.63, 3.8) is 0 Å². The van der Waals surface area contributed by atoms with Crippen molar-refractivity contribution < 1.29 is 9.59 Å². The van der Waals surface area contributed by atoms with Gasteiger partial charge in [-0.1, -0.05) is 12.1 Å². The molecule has 3 N–H and O–H groups in total. The second kappa shape index (κ2) is 5.85. The Bertz CT molecular complexity index is 541. The summed E-state index contributed by atoms with van der Waals surface area (Å²) >= 11 is 0. The molecule has 1 aromatic carbocycles. The third-order valence-electron chi connectivity index (χ3n) is 4.38. The average molecular weight is 287 g/mol. The van der Waals surface area contributed by atoms with E-state index in [0.29, 0.717) is 18.6 Å². The summed E-state index contributed by atoms with van der Waals surface area (Å²) in [5, 5.41) is 9.23. The monoisotopic (exact) mass is 287 g/mol. The highest BCUT2D eigenvalue weighted by Crippen LogP contribution is 2.33. The van der Waals surface area contributed by atoms with E-state index in [1.54, 1.807) is 0 Å². The molecule has 3 atom stereocenters. The number of benzene rings is 1. The van der Waals surface area contributed by atoms with Crippen molar-refractivity contribution in [3.05, 3.63) is 29.8 Å². The minimum atomic E-state index is -0.0835. The number of anilines is 1. The highest BCUT2D eigenvalue weighted by molar-refractivity contribution is 5.88. The summed E-state index contributed by atoms with van der Waals surface area (Å²) in [6.45, 7) is 2.02. The van der Waals surface area contributed by atoms with Crippen LogP contribution in [-0.4, -0.2) is 23.9 Å². The van der Waals surface area contributed by atoms with Gasteiger partial charge in [-0.05, 0) is 37.0 Å². The van der Waals surface area contributed by atoms with E-state index in [1.165, 1.54) is 13.3 Å². The molecule has 0 radical (unpaired) electrons. The van der Waals surface area contributed by atoms with Gasteiger partial charge in [0.1, 0.15) is 0 Å². The van der Waals surface area contributed by atoms with Crippen molar-refractivity contribution in [1.29, 1.82) is 0 Å². The maximum atomic E-state index is 12.2. The van der Waals surface area contributed by atoms with Gasteiger partial charge in [-0.3, -0.25) is 9.59 Å². The molecular weight excluding hydrogens is 266 g/mol. The summed E-state index contributed by atoms with van der Waals surface area (Å²) in [4.78, 5) is 23.2. The van der Waals surface area contributed by atoms with Crippen molar-refractivity contribution in [2.24, 2.45) is 5.92 Å². The maximum absolute atomic E-state index is 12.2. The number of rotatable bonds is 4. The third kappa shape index (κ3) is 3.24. The normalized spacial score (nSPS) is 26.6. The van der Waals surface area contributed by atoms with Crippen LogP contribution >= 0.6 is 0 Å². The highest BCUT2D eigenvalue weighted by Gasteiger charge is 2.42. The quantitative estimate of drug-likeness (QED) is 0.784. The zero-order chi connectivity index (χ0) is 14.8. The smallest absolute Gasteiger partial charge is 0.225 e. The number of carbonyl (C=O) groups excluding carboxylic acids is 2. The van der Waals surface area contributed by atoms with Gasteiger partial charge in [-0.25, -0.2) is 0 Å². The second-order valence-electron chi connectivity index (χ2n) is 5.99. The maximum Gasteiger partial charge on any atom is 0.225 e. The van der Waals surface area contributed by atoms with Crippen LogP contribution in [0.25, 0.3) is 0 Å². The summed E-state index contributed by atoms with van der Waals surface area (Å²) in [5.74, 6) is 0.197. The molecule has 1 aromatic rings. The fourth-order valence-corrected chi connectivity index (χ4v) is 3.34. The molecule has 5 heteroatoms. The molecule has 2 aliphatic rings. The van der Waals surface area contributed by atoms with Crippen molar-refractivity contribution in [2.45, 2.75) is 44.8 Å². The van der Waals surface area contributed by atoms with Crippen LogP contribution in [0.4, 0.5) is 5.69 Å². The molecule has 2 heterocycles. The Kier molecular flexibility index (Phi) is 3.92. The molecule has 2 amide bonds. The number of amides is 2. The lowest BCUT2D eigenvalue weighted by atomic mass is 9.88. The molecule has 2 bridgehead atoms. The predicted octanol–water partition coefficient (Wildman–Crippen LogP) is 1.40. The summed E-state index contributed by atoms with van der Waals surface area (Å²) in [7, 11) is 0. The van der Waals surface area contributed by atoms with E-state index >= 15 is 0 Å². The third-order valence-corrected chi connectivity index (χ3v) is 4.38. The Balaban J connectivity index is 1.50. The zero-order valence-electron chi connectivity index (χ0n) is 12.2. The first-order chi connectivity index (χ1) is 10.1. The minimum absolute atomic E-state index is 0.0835. The van der Waals surface area contributed by atoms with Gasteiger partial charge in [0, 0.05) is 31.2 Å². The van der Waals surface area contributed by atoms with Gasteiger partial charge in [0.15, 0.2) is 0 Å². The first-order valence-electron chi connectivity index (χ1n) is 7.52. The molecular formula is C16H21N3O2. The molecule has 3 rings (SSSR count). The van der Waals surface area contributed by atoms with Gasteiger partial charge < -0.3 is 16.0 Å². The number of fused-ring (bicyclic) bond motifs is 2.